The van der Waals surface area contributed by atoms with Gasteiger partial charge in [0.1, 0.15) is 12.1 Å². The van der Waals surface area contributed by atoms with E-state index in [0.717, 1.165) is 54.6 Å². The molecule has 2 aromatic heterocycles. The molecule has 0 spiro atoms. The molecule has 0 bridgehead atoms. The minimum absolute atomic E-state index is 0.184. The van der Waals surface area contributed by atoms with Gasteiger partial charge in [-0.3, -0.25) is 0 Å². The molecule has 1 aromatic carbocycles. The van der Waals surface area contributed by atoms with Crippen LogP contribution in [0.1, 0.15) is 45.6 Å². The Balaban J connectivity index is 1.50. The Morgan fingerprint density at radius 3 is 2.58 bits per heavy atom. The second kappa shape index (κ2) is 7.03. The van der Waals surface area contributed by atoms with Crippen molar-refractivity contribution in [2.24, 2.45) is 11.8 Å². The summed E-state index contributed by atoms with van der Waals surface area (Å²) >= 11 is 0. The molecule has 3 heterocycles. The number of nitriles is 1. The van der Waals surface area contributed by atoms with E-state index in [4.69, 9.17) is 0 Å². The van der Waals surface area contributed by atoms with Crippen LogP contribution in [0.3, 0.4) is 0 Å². The van der Waals surface area contributed by atoms with E-state index in [0.29, 0.717) is 11.7 Å². The third-order valence-electron chi connectivity index (χ3n) is 7.24. The molecule has 2 atom stereocenters. The van der Waals surface area contributed by atoms with Crippen molar-refractivity contribution >= 4 is 16.7 Å². The molecule has 0 radical (unpaired) electrons. The number of hydrogen-bond donors (Lipinski definition) is 1. The van der Waals surface area contributed by atoms with Crippen molar-refractivity contribution < 1.29 is 5.11 Å². The Kier molecular flexibility index (Phi) is 4.52. The van der Waals surface area contributed by atoms with Crippen LogP contribution in [0.4, 0.5) is 5.82 Å². The summed E-state index contributed by atoms with van der Waals surface area (Å²) in [4.78, 5) is 11.2. The minimum Gasteiger partial charge on any atom is -0.390 e. The number of anilines is 1. The normalized spacial score (nSPS) is 23.0. The highest BCUT2D eigenvalue weighted by Gasteiger charge is 2.40. The molecule has 31 heavy (non-hydrogen) atoms. The van der Waals surface area contributed by atoms with E-state index in [-0.39, 0.29) is 11.3 Å². The Morgan fingerprint density at radius 2 is 1.94 bits per heavy atom. The lowest BCUT2D eigenvalue weighted by Crippen LogP contribution is -2.35. The van der Waals surface area contributed by atoms with Gasteiger partial charge in [-0.15, -0.1) is 0 Å². The standard InChI is InChI=1S/C24H28N6O/c1-16-12-29(13-19(16)23(2,3)31)21-10-22(27-15-26-21)30-20-9-18(6-5-17(20)11-28-30)24(14-25)7-4-8-24/h5-6,9-11,15-16,19,31H,4,7-8,12-13H2,1-3H3. The summed E-state index contributed by atoms with van der Waals surface area (Å²) in [5.74, 6) is 2.10. The summed E-state index contributed by atoms with van der Waals surface area (Å²) < 4.78 is 1.83. The lowest BCUT2D eigenvalue weighted by Gasteiger charge is -2.35. The summed E-state index contributed by atoms with van der Waals surface area (Å²) in [6, 6.07) is 10.7. The summed E-state index contributed by atoms with van der Waals surface area (Å²) in [6.07, 6.45) is 6.34. The monoisotopic (exact) mass is 416 g/mol. The van der Waals surface area contributed by atoms with Gasteiger partial charge in [-0.05, 0) is 50.7 Å². The first-order chi connectivity index (χ1) is 14.8. The van der Waals surface area contributed by atoms with E-state index >= 15 is 0 Å². The Morgan fingerprint density at radius 1 is 1.16 bits per heavy atom. The van der Waals surface area contributed by atoms with Gasteiger partial charge in [-0.1, -0.05) is 19.1 Å². The number of aliphatic hydroxyl groups is 1. The Labute approximate surface area is 182 Å². The van der Waals surface area contributed by atoms with Crippen molar-refractivity contribution in [3.05, 3.63) is 42.4 Å². The predicted molar refractivity (Wildman–Crippen MR) is 119 cm³/mol. The lowest BCUT2D eigenvalue weighted by atomic mass is 9.65. The summed E-state index contributed by atoms with van der Waals surface area (Å²) in [5.41, 5.74) is 0.924. The van der Waals surface area contributed by atoms with Gasteiger partial charge < -0.3 is 10.0 Å². The van der Waals surface area contributed by atoms with Gasteiger partial charge in [0.25, 0.3) is 0 Å². The molecule has 1 aliphatic carbocycles. The molecule has 1 saturated carbocycles. The maximum Gasteiger partial charge on any atom is 0.159 e. The third kappa shape index (κ3) is 3.26. The van der Waals surface area contributed by atoms with Crippen LogP contribution in [-0.4, -0.2) is 43.5 Å². The van der Waals surface area contributed by atoms with Gasteiger partial charge in [0.15, 0.2) is 5.82 Å². The predicted octanol–water partition coefficient (Wildman–Crippen LogP) is 3.60. The first kappa shape index (κ1) is 20.0. The smallest absolute Gasteiger partial charge is 0.159 e. The van der Waals surface area contributed by atoms with Crippen molar-refractivity contribution in [1.29, 1.82) is 5.26 Å². The van der Waals surface area contributed by atoms with E-state index in [9.17, 15) is 10.4 Å². The molecular weight excluding hydrogens is 388 g/mol. The highest BCUT2D eigenvalue weighted by atomic mass is 16.3. The molecule has 160 valence electrons. The minimum atomic E-state index is -0.725. The molecule has 1 aliphatic heterocycles. The number of rotatable bonds is 4. The Bertz CT molecular complexity index is 1170. The molecular formula is C24H28N6O. The zero-order valence-electron chi connectivity index (χ0n) is 18.3. The lowest BCUT2D eigenvalue weighted by molar-refractivity contribution is 0.0105. The summed E-state index contributed by atoms with van der Waals surface area (Å²) in [5, 5.41) is 25.9. The third-order valence-corrected chi connectivity index (χ3v) is 7.24. The van der Waals surface area contributed by atoms with Crippen LogP contribution in [0, 0.1) is 23.2 Å². The zero-order chi connectivity index (χ0) is 21.8. The molecule has 5 rings (SSSR count). The van der Waals surface area contributed by atoms with E-state index in [1.807, 2.05) is 36.9 Å². The van der Waals surface area contributed by atoms with Crippen LogP contribution in [0.25, 0.3) is 16.7 Å². The number of nitrogens with zero attached hydrogens (tertiary/aromatic N) is 6. The van der Waals surface area contributed by atoms with E-state index in [1.165, 1.54) is 0 Å². The molecule has 3 aromatic rings. The van der Waals surface area contributed by atoms with E-state index in [1.54, 1.807) is 6.33 Å². The second-order valence-corrected chi connectivity index (χ2v) is 9.75. The quantitative estimate of drug-likeness (QED) is 0.699. The molecule has 0 amide bonds. The number of hydrogen-bond acceptors (Lipinski definition) is 6. The Hall–Kier alpha value is -2.98. The van der Waals surface area contributed by atoms with Crippen molar-refractivity contribution in [3.8, 4) is 11.9 Å². The zero-order valence-corrected chi connectivity index (χ0v) is 18.3. The largest absolute Gasteiger partial charge is 0.390 e. The van der Waals surface area contributed by atoms with Crippen LogP contribution in [0.2, 0.25) is 0 Å². The van der Waals surface area contributed by atoms with Crippen LogP contribution < -0.4 is 4.90 Å². The summed E-state index contributed by atoms with van der Waals surface area (Å²) in [7, 11) is 0. The van der Waals surface area contributed by atoms with Crippen molar-refractivity contribution in [1.82, 2.24) is 19.7 Å². The summed E-state index contributed by atoms with van der Waals surface area (Å²) in [6.45, 7) is 7.55. The van der Waals surface area contributed by atoms with Crippen molar-refractivity contribution in [2.45, 2.75) is 51.0 Å². The van der Waals surface area contributed by atoms with E-state index < -0.39 is 5.60 Å². The molecule has 2 aliphatic rings. The first-order valence-corrected chi connectivity index (χ1v) is 11.0. The van der Waals surface area contributed by atoms with Gasteiger partial charge >= 0.3 is 0 Å². The molecule has 2 fully saturated rings. The highest BCUT2D eigenvalue weighted by molar-refractivity contribution is 5.81. The average Bonchev–Trinajstić information content (AvgIpc) is 3.31. The average molecular weight is 417 g/mol. The van der Waals surface area contributed by atoms with Gasteiger partial charge in [-0.2, -0.15) is 10.4 Å². The number of aromatic nitrogens is 4. The fourth-order valence-corrected chi connectivity index (χ4v) is 5.19. The number of benzene rings is 1. The van der Waals surface area contributed by atoms with E-state index in [2.05, 4.69) is 45.1 Å². The molecule has 7 heteroatoms. The fourth-order valence-electron chi connectivity index (χ4n) is 5.19. The SMILES string of the molecule is CC1CN(c2cc(-n3ncc4ccc(C5(C#N)CCC5)cc43)ncn2)CC1C(C)(C)O. The maximum atomic E-state index is 10.5. The molecule has 2 unspecified atom stereocenters. The van der Waals surface area contributed by atoms with Gasteiger partial charge in [-0.25, -0.2) is 14.6 Å². The van der Waals surface area contributed by atoms with Gasteiger partial charge in [0.2, 0.25) is 0 Å². The maximum absolute atomic E-state index is 10.5. The van der Waals surface area contributed by atoms with Crippen LogP contribution in [-0.2, 0) is 5.41 Å². The van der Waals surface area contributed by atoms with Crippen molar-refractivity contribution in [2.75, 3.05) is 18.0 Å². The molecule has 1 N–H and O–H groups in total. The van der Waals surface area contributed by atoms with Crippen LogP contribution >= 0.6 is 0 Å². The second-order valence-electron chi connectivity index (χ2n) is 9.75. The van der Waals surface area contributed by atoms with Crippen LogP contribution in [0.15, 0.2) is 36.8 Å². The topological polar surface area (TPSA) is 90.9 Å². The highest BCUT2D eigenvalue weighted by Crippen LogP contribution is 2.44. The van der Waals surface area contributed by atoms with Gasteiger partial charge in [0.05, 0.1) is 28.8 Å². The van der Waals surface area contributed by atoms with Crippen LogP contribution in [0.5, 0.6) is 0 Å². The number of fused-ring (bicyclic) bond motifs is 1. The fraction of sp³-hybridized carbons (Fsp3) is 0.500. The van der Waals surface area contributed by atoms with Crippen molar-refractivity contribution in [3.63, 3.8) is 0 Å². The molecule has 7 nitrogen and oxygen atoms in total. The van der Waals surface area contributed by atoms with Gasteiger partial charge in [0, 0.05) is 30.5 Å². The first-order valence-electron chi connectivity index (χ1n) is 11.0. The molecule has 1 saturated heterocycles.